The van der Waals surface area contributed by atoms with Crippen molar-refractivity contribution in [1.82, 2.24) is 4.98 Å². The van der Waals surface area contributed by atoms with Gasteiger partial charge in [0.1, 0.15) is 5.75 Å². The van der Waals surface area contributed by atoms with Gasteiger partial charge in [-0.25, -0.2) is 0 Å². The molecule has 1 aromatic heterocycles. The molecule has 130 valence electrons. The molecular formula is C18H12N2O5S. The van der Waals surface area contributed by atoms with Gasteiger partial charge in [0.05, 0.1) is 16.8 Å². The molecule has 2 aromatic carbocycles. The van der Waals surface area contributed by atoms with Crippen LogP contribution in [-0.4, -0.2) is 29.5 Å². The first-order valence-corrected chi connectivity index (χ1v) is 9.01. The highest BCUT2D eigenvalue weighted by atomic mass is 32.2. The van der Waals surface area contributed by atoms with Gasteiger partial charge in [-0.2, -0.15) is 13.4 Å². The molecule has 4 rings (SSSR count). The number of aromatic amines is 1. The van der Waals surface area contributed by atoms with Gasteiger partial charge in [0, 0.05) is 0 Å². The largest absolute Gasteiger partial charge is 0.494 e. The fraction of sp³-hybridized carbons (Fsp3) is 0. The molecule has 0 fully saturated rings. The number of rotatable bonds is 3. The minimum absolute atomic E-state index is 0.00365. The van der Waals surface area contributed by atoms with Crippen LogP contribution in [0.2, 0.25) is 0 Å². The van der Waals surface area contributed by atoms with Crippen LogP contribution in [0, 0.1) is 0 Å². The Balaban J connectivity index is 1.80. The third-order valence-corrected chi connectivity index (χ3v) is 5.04. The van der Waals surface area contributed by atoms with Gasteiger partial charge < -0.3 is 14.3 Å². The van der Waals surface area contributed by atoms with E-state index in [9.17, 15) is 18.3 Å². The smallest absolute Gasteiger partial charge is 0.357 e. The number of aromatic hydroxyl groups is 1. The highest BCUT2D eigenvalue weighted by Gasteiger charge is 2.40. The van der Waals surface area contributed by atoms with Crippen molar-refractivity contribution in [1.29, 1.82) is 0 Å². The van der Waals surface area contributed by atoms with Gasteiger partial charge in [0.25, 0.3) is 5.91 Å². The van der Waals surface area contributed by atoms with E-state index in [1.165, 1.54) is 12.1 Å². The summed E-state index contributed by atoms with van der Waals surface area (Å²) in [5, 5.41) is 9.61. The van der Waals surface area contributed by atoms with Crippen LogP contribution in [0.15, 0.2) is 65.7 Å². The number of H-pyrrole nitrogens is 1. The van der Waals surface area contributed by atoms with Crippen molar-refractivity contribution in [2.45, 2.75) is 0 Å². The molecular weight excluding hydrogens is 356 g/mol. The highest BCUT2D eigenvalue weighted by Crippen LogP contribution is 2.37. The Bertz CT molecular complexity index is 1130. The maximum atomic E-state index is 12.6. The number of aliphatic imine (C=N–C) groups is 1. The molecule has 0 atom stereocenters. The zero-order valence-corrected chi connectivity index (χ0v) is 14.0. The third kappa shape index (κ3) is 2.56. The number of nitrogens with one attached hydrogen (secondary N) is 1. The number of fused-ring (bicyclic) bond motifs is 1. The molecule has 0 bridgehead atoms. The monoisotopic (exact) mass is 368 g/mol. The predicted octanol–water partition coefficient (Wildman–Crippen LogP) is 2.70. The first-order valence-electron chi connectivity index (χ1n) is 7.60. The van der Waals surface area contributed by atoms with Gasteiger partial charge in [0.15, 0.2) is 5.88 Å². The number of carbonyl (C=O) groups excluding carboxylic acids is 1. The Morgan fingerprint density at radius 3 is 2.19 bits per heavy atom. The summed E-state index contributed by atoms with van der Waals surface area (Å²) >= 11 is 0. The van der Waals surface area contributed by atoms with Crippen molar-refractivity contribution in [2.24, 2.45) is 4.99 Å². The molecule has 0 radical (unpaired) electrons. The second-order valence-corrected chi connectivity index (χ2v) is 7.00. The summed E-state index contributed by atoms with van der Waals surface area (Å²) < 4.78 is 30.2. The molecule has 0 spiro atoms. The van der Waals surface area contributed by atoms with Gasteiger partial charge >= 0.3 is 10.1 Å². The molecule has 0 aliphatic carbocycles. The molecule has 0 saturated heterocycles. The standard InChI is InChI=1S/C18H12N2O5S/c21-16-13-14(17(22)19-15(13)11-7-3-1-4-8-11)18(20-16)26(23,24)25-12-9-5-2-6-10-12/h1-10,19,22H. The molecule has 1 aliphatic rings. The van der Waals surface area contributed by atoms with E-state index in [1.54, 1.807) is 48.5 Å². The predicted molar refractivity (Wildman–Crippen MR) is 94.8 cm³/mol. The fourth-order valence-electron chi connectivity index (χ4n) is 2.76. The quantitative estimate of drug-likeness (QED) is 0.691. The van der Waals surface area contributed by atoms with Crippen LogP contribution in [0.3, 0.4) is 0 Å². The van der Waals surface area contributed by atoms with E-state index in [0.29, 0.717) is 11.3 Å². The molecule has 1 aliphatic heterocycles. The lowest BCUT2D eigenvalue weighted by molar-refractivity contribution is 0.101. The average Bonchev–Trinajstić information content (AvgIpc) is 3.16. The molecule has 1 amide bonds. The van der Waals surface area contributed by atoms with Gasteiger partial charge in [-0.1, -0.05) is 48.5 Å². The zero-order chi connectivity index (χ0) is 18.3. The van der Waals surface area contributed by atoms with Crippen molar-refractivity contribution in [3.63, 3.8) is 0 Å². The van der Waals surface area contributed by atoms with Crippen LogP contribution in [0.5, 0.6) is 11.6 Å². The lowest BCUT2D eigenvalue weighted by Crippen LogP contribution is -2.20. The molecule has 0 unspecified atom stereocenters. The lowest BCUT2D eigenvalue weighted by Gasteiger charge is -2.06. The third-order valence-electron chi connectivity index (χ3n) is 3.86. The fourth-order valence-corrected chi connectivity index (χ4v) is 3.84. The molecule has 3 aromatic rings. The molecule has 0 saturated carbocycles. The van der Waals surface area contributed by atoms with E-state index in [1.807, 2.05) is 0 Å². The van der Waals surface area contributed by atoms with Crippen LogP contribution in [0.25, 0.3) is 11.3 Å². The molecule has 2 N–H and O–H groups in total. The van der Waals surface area contributed by atoms with Gasteiger partial charge in [0.2, 0.25) is 5.04 Å². The molecule has 2 heterocycles. The summed E-state index contributed by atoms with van der Waals surface area (Å²) in [6, 6.07) is 16.6. The normalized spacial score (nSPS) is 13.4. The van der Waals surface area contributed by atoms with Crippen molar-refractivity contribution >= 4 is 21.1 Å². The van der Waals surface area contributed by atoms with E-state index < -0.39 is 26.9 Å². The molecule has 26 heavy (non-hydrogen) atoms. The van der Waals surface area contributed by atoms with Gasteiger partial charge in [-0.05, 0) is 17.7 Å². The first-order chi connectivity index (χ1) is 12.5. The summed E-state index contributed by atoms with van der Waals surface area (Å²) in [6.45, 7) is 0. The second-order valence-electron chi connectivity index (χ2n) is 5.54. The highest BCUT2D eigenvalue weighted by molar-refractivity contribution is 8.03. The van der Waals surface area contributed by atoms with E-state index >= 15 is 0 Å². The summed E-state index contributed by atoms with van der Waals surface area (Å²) in [6.07, 6.45) is 0. The van der Waals surface area contributed by atoms with E-state index in [-0.39, 0.29) is 16.9 Å². The number of aromatic nitrogens is 1. The van der Waals surface area contributed by atoms with Crippen LogP contribution < -0.4 is 4.18 Å². The summed E-state index contributed by atoms with van der Waals surface area (Å²) in [5.41, 5.74) is 0.751. The van der Waals surface area contributed by atoms with Crippen molar-refractivity contribution in [3.05, 3.63) is 71.8 Å². The van der Waals surface area contributed by atoms with E-state index in [2.05, 4.69) is 9.98 Å². The van der Waals surface area contributed by atoms with Crippen molar-refractivity contribution in [2.75, 3.05) is 0 Å². The molecule has 8 heteroatoms. The van der Waals surface area contributed by atoms with Crippen LogP contribution in [-0.2, 0) is 10.1 Å². The van der Waals surface area contributed by atoms with Gasteiger partial charge in [-0.3, -0.25) is 4.79 Å². The summed E-state index contributed by atoms with van der Waals surface area (Å²) in [5.74, 6) is -1.14. The van der Waals surface area contributed by atoms with Crippen molar-refractivity contribution < 1.29 is 22.5 Å². The number of hydrogen-bond acceptors (Lipinski definition) is 5. The van der Waals surface area contributed by atoms with Crippen LogP contribution in [0.4, 0.5) is 0 Å². The topological polar surface area (TPSA) is 109 Å². The lowest BCUT2D eigenvalue weighted by atomic mass is 10.1. The number of carbonyl (C=O) groups is 1. The Labute approximate surface area is 148 Å². The minimum atomic E-state index is -4.40. The number of amides is 1. The number of nitrogens with zero attached hydrogens (tertiary/aromatic N) is 1. The first kappa shape index (κ1) is 16.1. The van der Waals surface area contributed by atoms with Gasteiger partial charge in [-0.15, -0.1) is 0 Å². The van der Waals surface area contributed by atoms with Crippen molar-refractivity contribution in [3.8, 4) is 22.9 Å². The summed E-state index contributed by atoms with van der Waals surface area (Å²) in [7, 11) is -4.40. The number of para-hydroxylation sites is 1. The number of benzene rings is 2. The zero-order valence-electron chi connectivity index (χ0n) is 13.2. The summed E-state index contributed by atoms with van der Waals surface area (Å²) in [4.78, 5) is 18.6. The number of hydrogen-bond donors (Lipinski definition) is 2. The maximum absolute atomic E-state index is 12.6. The average molecular weight is 368 g/mol. The van der Waals surface area contributed by atoms with E-state index in [4.69, 9.17) is 4.18 Å². The SMILES string of the molecule is O=C1N=C(S(=O)(=O)Oc2ccccc2)c2c(O)[nH]c(-c3ccccc3)c21. The minimum Gasteiger partial charge on any atom is -0.494 e. The Kier molecular flexibility index (Phi) is 3.62. The van der Waals surface area contributed by atoms with Crippen LogP contribution in [0.1, 0.15) is 15.9 Å². The Morgan fingerprint density at radius 1 is 0.923 bits per heavy atom. The maximum Gasteiger partial charge on any atom is 0.357 e. The van der Waals surface area contributed by atoms with Crippen LogP contribution >= 0.6 is 0 Å². The molecule has 7 nitrogen and oxygen atoms in total. The Morgan fingerprint density at radius 2 is 1.54 bits per heavy atom. The van der Waals surface area contributed by atoms with E-state index in [0.717, 1.165) is 0 Å². The Hall–Kier alpha value is -3.39. The second kappa shape index (κ2) is 5.85.